The molecule has 0 saturated heterocycles. The van der Waals surface area contributed by atoms with Gasteiger partial charge in [-0.2, -0.15) is 35.4 Å². The number of carboxylic acids is 1. The summed E-state index contributed by atoms with van der Waals surface area (Å²) in [5.74, 6) is 8.09. The summed E-state index contributed by atoms with van der Waals surface area (Å²) in [5.41, 5.74) is 0.395. The van der Waals surface area contributed by atoms with Crippen LogP contribution in [-0.2, 0) is 131 Å². The van der Waals surface area contributed by atoms with Crippen molar-refractivity contribution < 1.29 is 135 Å². The third kappa shape index (κ3) is 38.2. The molecule has 0 unspecified atom stereocenters. The lowest BCUT2D eigenvalue weighted by Gasteiger charge is -2.28. The Morgan fingerprint density at radius 2 is 0.735 bits per heavy atom. The minimum absolute atomic E-state index is 0.0554. The van der Waals surface area contributed by atoms with E-state index >= 15 is 0 Å². The van der Waals surface area contributed by atoms with Crippen LogP contribution in [0.2, 0.25) is 0 Å². The minimum Gasteiger partial charge on any atom is -0.508 e. The number of amides is 7. The van der Waals surface area contributed by atoms with E-state index in [1.165, 1.54) is 31.4 Å². The molecule has 1 aromatic carbocycles. The number of phenols is 1. The average molecular weight is 1460 g/mol. The summed E-state index contributed by atoms with van der Waals surface area (Å²) in [6.07, 6.45) is -10.8. The Bertz CT molecular complexity index is 2960. The van der Waals surface area contributed by atoms with Gasteiger partial charge in [0.2, 0.25) is 41.4 Å². The molecular formula is C61H95N13O28. The maximum atomic E-state index is 14.6. The molecule has 0 aliphatic heterocycles. The van der Waals surface area contributed by atoms with Gasteiger partial charge >= 0.3 is 41.8 Å². The van der Waals surface area contributed by atoms with E-state index in [1.54, 1.807) is 13.8 Å². The van der Waals surface area contributed by atoms with Crippen LogP contribution in [0.25, 0.3) is 0 Å². The molecule has 1 aromatic rings. The molecule has 0 aromatic heterocycles. The number of hydrogen-bond donors (Lipinski definition) is 15. The van der Waals surface area contributed by atoms with Crippen molar-refractivity contribution in [3.05, 3.63) is 29.8 Å². The summed E-state index contributed by atoms with van der Waals surface area (Å²) >= 11 is 0. The van der Waals surface area contributed by atoms with E-state index in [9.17, 15) is 91.7 Å². The molecule has 0 fully saturated rings. The summed E-state index contributed by atoms with van der Waals surface area (Å²) in [4.78, 5) is 252. The Kier molecular flexibility index (Phi) is 44.7. The molecule has 0 heterocycles. The number of nitrogens with one attached hydrogen (secondary N) is 7. The first-order valence-corrected chi connectivity index (χ1v) is 32.0. The molecule has 7 amide bonds. The van der Waals surface area contributed by atoms with Gasteiger partial charge in [-0.25, -0.2) is 0 Å². The van der Waals surface area contributed by atoms with Crippen LogP contribution in [-0.4, -0.2) is 193 Å². The molecule has 41 heteroatoms. The molecular weight excluding hydrogens is 1360 g/mol. The number of rotatable bonds is 54. The fraction of sp³-hybridized carbons (Fsp3) is 0.623. The Labute approximate surface area is 584 Å². The summed E-state index contributed by atoms with van der Waals surface area (Å²) in [7, 11) is 1.50. The van der Waals surface area contributed by atoms with Crippen LogP contribution in [0, 0.1) is 17.8 Å². The molecule has 0 bridgehead atoms. The Morgan fingerprint density at radius 1 is 0.392 bits per heavy atom. The Balaban J connectivity index is 3.87. The van der Waals surface area contributed by atoms with Crippen molar-refractivity contribution in [2.75, 3.05) is 40.1 Å². The van der Waals surface area contributed by atoms with Gasteiger partial charge in [0.05, 0.1) is 51.0 Å². The SMILES string of the molecule is COCCOCCOCCCC(=O)[C@@H](CCC(=O)ON)NC(=O)[C@@H](CCC(=O)ON)NC(=O)[C@@H](CCC(=O)ON)NC(=O)[C@@H](CCC(=O)ON)NC(=O)[C@@H](CCC(=O)ON)NC(=O)[C@H](CCC(=O)ON)CC(=O)[C@@H](CC(C)C)NC(=O)[C@@H](CC(=O)[C@H](CC(=O)O)NC(C)=O)Cc1ccc(O)cc1. The number of methoxy groups -OCH3 is 1. The second kappa shape index (κ2) is 50.6. The lowest BCUT2D eigenvalue weighted by atomic mass is 9.88. The number of hydrogen-bond acceptors (Lipinski definition) is 33. The average Bonchev–Trinajstić information content (AvgIpc) is 0.848. The second-order valence-electron chi connectivity index (χ2n) is 23.4. The zero-order valence-corrected chi connectivity index (χ0v) is 57.0. The van der Waals surface area contributed by atoms with Gasteiger partial charge in [-0.3, -0.25) is 81.5 Å². The van der Waals surface area contributed by atoms with Crippen molar-refractivity contribution in [3.8, 4) is 5.75 Å². The molecule has 9 atom stereocenters. The van der Waals surface area contributed by atoms with E-state index in [4.69, 9.17) is 49.6 Å². The number of Topliss-reactive ketones (excluding diaryl/α,β-unsaturated/α-hetero) is 3. The van der Waals surface area contributed by atoms with Crippen LogP contribution in [0.15, 0.2) is 24.3 Å². The van der Waals surface area contributed by atoms with E-state index in [2.05, 4.69) is 66.2 Å². The molecule has 0 radical (unpaired) electrons. The zero-order valence-electron chi connectivity index (χ0n) is 57.0. The van der Waals surface area contributed by atoms with E-state index in [-0.39, 0.29) is 51.3 Å². The molecule has 572 valence electrons. The number of carboxylic acid groups (broad SMARTS) is 1. The van der Waals surface area contributed by atoms with Crippen molar-refractivity contribution >= 4 is 100 Å². The Hall–Kier alpha value is -9.75. The molecule has 0 spiro atoms. The quantitative estimate of drug-likeness (QED) is 0.0215. The van der Waals surface area contributed by atoms with Crippen LogP contribution >= 0.6 is 0 Å². The fourth-order valence-electron chi connectivity index (χ4n) is 9.68. The second-order valence-corrected chi connectivity index (χ2v) is 23.4. The summed E-state index contributed by atoms with van der Waals surface area (Å²) in [6, 6.07) is -6.86. The number of carbonyl (C=O) groups excluding carboxylic acids is 16. The number of ketones is 3. The third-order valence-electron chi connectivity index (χ3n) is 15.0. The van der Waals surface area contributed by atoms with Gasteiger partial charge in [0.25, 0.3) is 0 Å². The highest BCUT2D eigenvalue weighted by Crippen LogP contribution is 2.22. The summed E-state index contributed by atoms with van der Waals surface area (Å²) in [5, 5.41) is 35.9. The van der Waals surface area contributed by atoms with Gasteiger partial charge in [0, 0.05) is 90.3 Å². The lowest BCUT2D eigenvalue weighted by Crippen LogP contribution is -2.59. The van der Waals surface area contributed by atoms with Crippen LogP contribution in [0.3, 0.4) is 0 Å². The highest BCUT2D eigenvalue weighted by molar-refractivity contribution is 5.99. The molecule has 0 saturated carbocycles. The van der Waals surface area contributed by atoms with Gasteiger partial charge in [0.15, 0.2) is 17.3 Å². The summed E-state index contributed by atoms with van der Waals surface area (Å²) in [6.45, 7) is 5.44. The van der Waals surface area contributed by atoms with E-state index in [0.29, 0.717) is 18.8 Å². The van der Waals surface area contributed by atoms with Crippen molar-refractivity contribution in [3.63, 3.8) is 0 Å². The normalized spacial score (nSPS) is 13.6. The Morgan fingerprint density at radius 3 is 1.13 bits per heavy atom. The maximum absolute atomic E-state index is 14.6. The van der Waals surface area contributed by atoms with Crippen LogP contribution in [0.4, 0.5) is 0 Å². The van der Waals surface area contributed by atoms with Gasteiger partial charge in [-0.15, -0.1) is 0 Å². The predicted molar refractivity (Wildman–Crippen MR) is 344 cm³/mol. The van der Waals surface area contributed by atoms with Gasteiger partial charge < -0.3 is 90.7 Å². The number of benzene rings is 1. The van der Waals surface area contributed by atoms with E-state index in [1.807, 2.05) is 0 Å². The van der Waals surface area contributed by atoms with E-state index < -0.39 is 257 Å². The molecule has 21 N–H and O–H groups in total. The van der Waals surface area contributed by atoms with Crippen molar-refractivity contribution in [1.82, 2.24) is 37.2 Å². The van der Waals surface area contributed by atoms with Crippen LogP contribution < -0.4 is 72.6 Å². The summed E-state index contributed by atoms with van der Waals surface area (Å²) < 4.78 is 15.7. The van der Waals surface area contributed by atoms with Gasteiger partial charge in [0.1, 0.15) is 29.9 Å². The topological polar surface area (TPSA) is 654 Å². The number of aliphatic carboxylic acids is 1. The highest BCUT2D eigenvalue weighted by atomic mass is 16.7. The number of nitrogens with two attached hydrogens (primary N) is 6. The molecule has 0 aliphatic rings. The van der Waals surface area contributed by atoms with Gasteiger partial charge in [-0.1, -0.05) is 26.0 Å². The largest absolute Gasteiger partial charge is 0.508 e. The molecule has 102 heavy (non-hydrogen) atoms. The molecule has 1 rings (SSSR count). The molecule has 41 nitrogen and oxygen atoms in total. The first-order valence-electron chi connectivity index (χ1n) is 32.0. The first kappa shape index (κ1) is 90.3. The smallest absolute Gasteiger partial charge is 0.324 e. The van der Waals surface area contributed by atoms with Crippen molar-refractivity contribution in [2.45, 2.75) is 185 Å². The monoisotopic (exact) mass is 1460 g/mol. The van der Waals surface area contributed by atoms with Crippen LogP contribution in [0.1, 0.15) is 142 Å². The van der Waals surface area contributed by atoms with E-state index in [0.717, 1.165) is 6.92 Å². The lowest BCUT2D eigenvalue weighted by molar-refractivity contribution is -0.146. The molecule has 0 aliphatic carbocycles. The first-order chi connectivity index (χ1) is 48.3. The number of carbonyl (C=O) groups is 17. The van der Waals surface area contributed by atoms with Gasteiger partial charge in [-0.05, 0) is 81.4 Å². The fourth-order valence-corrected chi connectivity index (χ4v) is 9.68. The maximum Gasteiger partial charge on any atom is 0.324 e. The highest BCUT2D eigenvalue weighted by Gasteiger charge is 2.38. The standard InChI is InChI=1S/C61H95N13O28/c1-33(2)28-44(74-57(89)37(29-35-7-10-38(76)11-8-35)31-48(79)45(32-49(80)81)68-34(3)75)47(78)30-36(9-17-50(82)97-62)56(88)70-40(13-19-52(84)99-64)59(91)72-42(15-21-54(86)101-66)61(93)73-43(16-22-55(87)102-67)60(92)71-41(14-20-53(85)100-65)58(90)69-39(12-18-51(83)98-63)46(77)6-5-23-95-26-27-96-25-24-94-4/h7-8,10-11,33,36-37,39-45,76H,5-6,9,12-32,62-67H2,1-4H3,(H,68,75)(H,69,90)(H,70,88)(H,71,92)(H,72,91)(H,73,93)(H,74,89)(H,80,81)/t36-,37-,39-,40-,41-,42-,43-,44-,45+/m1/s1. The number of ether oxygens (including phenoxy) is 3. The number of phenolic OH excluding ortho intramolecular Hbond substituents is 1. The third-order valence-corrected chi connectivity index (χ3v) is 15.0. The van der Waals surface area contributed by atoms with Crippen LogP contribution in [0.5, 0.6) is 5.75 Å². The predicted octanol–water partition coefficient (Wildman–Crippen LogP) is -4.77. The zero-order chi connectivity index (χ0) is 76.9. The number of aromatic hydroxyl groups is 1. The van der Waals surface area contributed by atoms with Crippen molar-refractivity contribution in [1.29, 1.82) is 0 Å². The van der Waals surface area contributed by atoms with Crippen molar-refractivity contribution in [2.24, 2.45) is 53.1 Å². The minimum atomic E-state index is -2.00.